The van der Waals surface area contributed by atoms with Crippen molar-refractivity contribution in [2.45, 2.75) is 111 Å². The van der Waals surface area contributed by atoms with E-state index in [1.807, 2.05) is 57.4 Å². The highest BCUT2D eigenvalue weighted by molar-refractivity contribution is 7.22. The zero-order chi connectivity index (χ0) is 39.7. The quantitative estimate of drug-likeness (QED) is 0.106. The van der Waals surface area contributed by atoms with Crippen LogP contribution in [0.2, 0.25) is 0 Å². The van der Waals surface area contributed by atoms with Gasteiger partial charge in [-0.15, -0.1) is 10.2 Å². The summed E-state index contributed by atoms with van der Waals surface area (Å²) in [7, 11) is 1.99. The van der Waals surface area contributed by atoms with Gasteiger partial charge in [-0.1, -0.05) is 37.3 Å². The minimum atomic E-state index is -0.202. The number of hydrogen-bond acceptors (Lipinski definition) is 11. The van der Waals surface area contributed by atoms with E-state index in [-0.39, 0.29) is 33.8 Å². The molecule has 1 amide bonds. The van der Waals surface area contributed by atoms with Crippen molar-refractivity contribution in [1.82, 2.24) is 40.6 Å². The van der Waals surface area contributed by atoms with Gasteiger partial charge in [0.15, 0.2) is 16.8 Å². The maximum Gasteiger partial charge on any atom is 0.270 e. The molecule has 4 aromatic heterocycles. The lowest BCUT2D eigenvalue weighted by Crippen LogP contribution is -2.64. The Morgan fingerprint density at radius 2 is 1.75 bits per heavy atom. The molecule has 300 valence electrons. The number of pyridine rings is 1. The summed E-state index contributed by atoms with van der Waals surface area (Å²) in [5, 5.41) is 25.1. The van der Waals surface area contributed by atoms with Gasteiger partial charge in [0.1, 0.15) is 11.5 Å². The Bertz CT molecular complexity index is 2300. The highest BCUT2D eigenvalue weighted by atomic mass is 32.1. The van der Waals surface area contributed by atoms with E-state index in [2.05, 4.69) is 64.4 Å². The number of para-hydroxylation sites is 1. The number of ether oxygens (including phenoxy) is 1. The van der Waals surface area contributed by atoms with Crippen LogP contribution in [0.5, 0.6) is 0 Å². The Morgan fingerprint density at radius 3 is 2.51 bits per heavy atom. The smallest absolute Gasteiger partial charge is 0.270 e. The highest BCUT2D eigenvalue weighted by Gasteiger charge is 2.66. The molecule has 57 heavy (non-hydrogen) atoms. The number of aromatic nitrogens is 6. The molecule has 0 spiro atoms. The van der Waals surface area contributed by atoms with E-state index in [1.165, 1.54) is 19.3 Å². The first kappa shape index (κ1) is 38.1. The molecule has 3 N–H and O–H groups in total. The van der Waals surface area contributed by atoms with Crippen LogP contribution in [0.1, 0.15) is 99.9 Å². The summed E-state index contributed by atoms with van der Waals surface area (Å²) in [5.74, 6) is 1.96. The predicted molar refractivity (Wildman–Crippen MR) is 227 cm³/mol. The minimum Gasteiger partial charge on any atom is -0.374 e. The van der Waals surface area contributed by atoms with Gasteiger partial charge in [0.2, 0.25) is 0 Å². The fourth-order valence-electron chi connectivity index (χ4n) is 12.0. The molecule has 4 aliphatic carbocycles. The van der Waals surface area contributed by atoms with Crippen LogP contribution in [-0.2, 0) is 17.7 Å². The van der Waals surface area contributed by atoms with E-state index < -0.39 is 0 Å². The summed E-state index contributed by atoms with van der Waals surface area (Å²) in [5.41, 5.74) is 6.84. The molecule has 10 rings (SSSR count). The molecule has 5 aliphatic rings. The number of hydrogen-bond donors (Lipinski definition) is 3. The van der Waals surface area contributed by atoms with Crippen LogP contribution in [0.4, 0.5) is 22.6 Å². The Morgan fingerprint density at radius 1 is 0.965 bits per heavy atom. The second-order valence-electron chi connectivity index (χ2n) is 18.7. The van der Waals surface area contributed by atoms with Crippen molar-refractivity contribution in [2.24, 2.45) is 16.2 Å². The summed E-state index contributed by atoms with van der Waals surface area (Å²) in [6, 6.07) is 12.1. The number of rotatable bonds is 12. The number of fused-ring (bicyclic) bond motifs is 2. The van der Waals surface area contributed by atoms with Gasteiger partial charge in [-0.3, -0.25) is 9.48 Å². The average Bonchev–Trinajstić information content (AvgIpc) is 3.72. The average molecular weight is 789 g/mol. The standard InChI is InChI=1S/C44H56N10O2S/c1-27(2)47-39(55)36-31(32-19-46-54(29(32)4)26-43-21-41(5)20-42(6,22-43)24-44(23-41,25-43)56-18-16-45-7)14-15-35(49-36)53-17-10-11-30-28(3)37(51-52-38(30)53)50-40-48-33-12-8-9-13-34(33)57-40/h8-9,12-15,19,27,45H,10-11,16-18,20-26H2,1-7H3,(H,47,55)(H,48,50,51)/t41-,42+,43?,44?. The molecule has 1 aliphatic heterocycles. The van der Waals surface area contributed by atoms with Gasteiger partial charge in [0, 0.05) is 53.6 Å². The van der Waals surface area contributed by atoms with Gasteiger partial charge in [0.25, 0.3) is 5.91 Å². The van der Waals surface area contributed by atoms with Crippen molar-refractivity contribution >= 4 is 50.0 Å². The van der Waals surface area contributed by atoms with Gasteiger partial charge < -0.3 is 25.6 Å². The third-order valence-corrected chi connectivity index (χ3v) is 13.9. The maximum absolute atomic E-state index is 14.0. The molecular weight excluding hydrogens is 733 g/mol. The number of carbonyl (C=O) groups excluding carboxylic acids is 1. The maximum atomic E-state index is 14.0. The first-order chi connectivity index (χ1) is 27.3. The largest absolute Gasteiger partial charge is 0.374 e. The van der Waals surface area contributed by atoms with E-state index in [1.54, 1.807) is 11.3 Å². The van der Waals surface area contributed by atoms with Gasteiger partial charge in [-0.05, 0) is 127 Å². The van der Waals surface area contributed by atoms with E-state index in [0.717, 1.165) is 107 Å². The molecule has 4 saturated carbocycles. The summed E-state index contributed by atoms with van der Waals surface area (Å²) < 4.78 is 10.1. The van der Waals surface area contributed by atoms with Crippen LogP contribution >= 0.6 is 11.3 Å². The molecule has 4 fully saturated rings. The lowest BCUT2D eigenvalue weighted by Gasteiger charge is -2.69. The second kappa shape index (κ2) is 14.1. The zero-order valence-corrected chi connectivity index (χ0v) is 35.3. The predicted octanol–water partition coefficient (Wildman–Crippen LogP) is 8.28. The van der Waals surface area contributed by atoms with Gasteiger partial charge in [0.05, 0.1) is 28.6 Å². The molecule has 2 unspecified atom stereocenters. The normalized spacial score (nSPS) is 26.4. The fraction of sp³-hybridized carbons (Fsp3) is 0.545. The van der Waals surface area contributed by atoms with Crippen molar-refractivity contribution in [2.75, 3.05) is 37.0 Å². The third-order valence-electron chi connectivity index (χ3n) is 13.0. The molecule has 4 atom stereocenters. The van der Waals surface area contributed by atoms with Crippen molar-refractivity contribution in [3.05, 3.63) is 65.1 Å². The lowest BCUT2D eigenvalue weighted by molar-refractivity contribution is -0.247. The summed E-state index contributed by atoms with van der Waals surface area (Å²) in [4.78, 5) is 26.0. The van der Waals surface area contributed by atoms with E-state index in [4.69, 9.17) is 24.9 Å². The fourth-order valence-corrected chi connectivity index (χ4v) is 12.8. The van der Waals surface area contributed by atoms with Crippen LogP contribution in [0.25, 0.3) is 21.3 Å². The molecule has 13 heteroatoms. The number of nitrogens with one attached hydrogen (secondary N) is 3. The van der Waals surface area contributed by atoms with Crippen LogP contribution in [0.3, 0.4) is 0 Å². The molecule has 12 nitrogen and oxygen atoms in total. The Labute approximate surface area is 339 Å². The van der Waals surface area contributed by atoms with E-state index >= 15 is 0 Å². The van der Waals surface area contributed by atoms with Gasteiger partial charge in [-0.2, -0.15) is 5.10 Å². The summed E-state index contributed by atoms with van der Waals surface area (Å²) in [6.07, 6.45) is 10.7. The second-order valence-corrected chi connectivity index (χ2v) is 19.7. The number of nitrogens with zero attached hydrogens (tertiary/aromatic N) is 7. The summed E-state index contributed by atoms with van der Waals surface area (Å²) >= 11 is 1.60. The zero-order valence-electron chi connectivity index (χ0n) is 34.5. The Balaban J connectivity index is 1.02. The van der Waals surface area contributed by atoms with Gasteiger partial charge in [-0.25, -0.2) is 9.97 Å². The minimum absolute atomic E-state index is 0.0494. The van der Waals surface area contributed by atoms with E-state index in [0.29, 0.717) is 17.3 Å². The van der Waals surface area contributed by atoms with Crippen molar-refractivity contribution < 1.29 is 9.53 Å². The number of thiazole rings is 1. The Kier molecular flexibility index (Phi) is 9.44. The SMILES string of the molecule is CNCCOC12CC3(Cn4ncc(-c5ccc(N6CCCc7c6nnc(Nc6nc8ccccc8s6)c7C)nc5C(=O)NC(C)C)c4C)C[C@@](C)(C1)C[C@](C)(C3)C2. The molecule has 4 bridgehead atoms. The topological polar surface area (TPSA) is 135 Å². The lowest BCUT2D eigenvalue weighted by atomic mass is 9.39. The molecule has 5 aromatic rings. The molecule has 5 heterocycles. The molecular formula is C44H56N10O2S. The number of benzene rings is 1. The number of anilines is 4. The van der Waals surface area contributed by atoms with Crippen molar-refractivity contribution in [3.8, 4) is 11.1 Å². The van der Waals surface area contributed by atoms with Crippen LogP contribution < -0.4 is 20.9 Å². The third kappa shape index (κ3) is 6.99. The first-order valence-corrected chi connectivity index (χ1v) is 21.5. The van der Waals surface area contributed by atoms with E-state index in [9.17, 15) is 4.79 Å². The number of amides is 1. The summed E-state index contributed by atoms with van der Waals surface area (Å²) in [6.45, 7) is 16.4. The molecule has 1 aromatic carbocycles. The Hall–Kier alpha value is -4.46. The first-order valence-electron chi connectivity index (χ1n) is 20.7. The number of likely N-dealkylation sites (N-methyl/N-ethyl adjacent to an activating group) is 1. The number of carbonyl (C=O) groups is 1. The molecule has 0 radical (unpaired) electrons. The monoisotopic (exact) mass is 788 g/mol. The van der Waals surface area contributed by atoms with Crippen molar-refractivity contribution in [3.63, 3.8) is 0 Å². The van der Waals surface area contributed by atoms with Crippen LogP contribution in [0.15, 0.2) is 42.6 Å². The van der Waals surface area contributed by atoms with Crippen LogP contribution in [-0.4, -0.2) is 74.2 Å². The molecule has 0 saturated heterocycles. The van der Waals surface area contributed by atoms with Crippen LogP contribution in [0, 0.1) is 30.1 Å². The van der Waals surface area contributed by atoms with Crippen molar-refractivity contribution in [1.29, 1.82) is 0 Å². The highest BCUT2D eigenvalue weighted by Crippen LogP contribution is 2.72. The van der Waals surface area contributed by atoms with Gasteiger partial charge >= 0.3 is 0 Å².